The van der Waals surface area contributed by atoms with Crippen LogP contribution in [0.25, 0.3) is 0 Å². The summed E-state index contributed by atoms with van der Waals surface area (Å²) in [7, 11) is -3.95. The van der Waals surface area contributed by atoms with Gasteiger partial charge >= 0.3 is 0 Å². The average molecular weight is 288 g/mol. The van der Waals surface area contributed by atoms with Crippen LogP contribution in [0, 0.1) is 5.82 Å². The first-order valence-corrected chi connectivity index (χ1v) is 7.56. The second-order valence-electron chi connectivity index (χ2n) is 4.68. The standard InChI is InChI=1S/C12H17FN2O3S/c1-8-7-9(5-6-18-8)15-19(16,17)12-10(13)3-2-4-11(12)14/h2-4,8-9,15H,5-7,14H2,1H3. The molecular formula is C12H17FN2O3S. The molecule has 0 radical (unpaired) electrons. The molecule has 106 valence electrons. The molecule has 2 atom stereocenters. The maximum atomic E-state index is 13.7. The van der Waals surface area contributed by atoms with Gasteiger partial charge in [0.15, 0.2) is 0 Å². The number of hydrogen-bond donors (Lipinski definition) is 2. The van der Waals surface area contributed by atoms with Crippen molar-refractivity contribution in [3.8, 4) is 0 Å². The first-order valence-electron chi connectivity index (χ1n) is 6.08. The molecule has 7 heteroatoms. The summed E-state index contributed by atoms with van der Waals surface area (Å²) in [5.74, 6) is -0.840. The van der Waals surface area contributed by atoms with Crippen molar-refractivity contribution >= 4 is 15.7 Å². The van der Waals surface area contributed by atoms with Gasteiger partial charge in [0.2, 0.25) is 10.0 Å². The Balaban J connectivity index is 2.23. The Morgan fingerprint density at radius 1 is 1.47 bits per heavy atom. The molecule has 5 nitrogen and oxygen atoms in total. The number of anilines is 1. The molecule has 3 N–H and O–H groups in total. The lowest BCUT2D eigenvalue weighted by molar-refractivity contribution is 0.0173. The molecule has 0 amide bonds. The quantitative estimate of drug-likeness (QED) is 0.820. The summed E-state index contributed by atoms with van der Waals surface area (Å²) in [5.41, 5.74) is 5.47. The lowest BCUT2D eigenvalue weighted by Gasteiger charge is -2.27. The highest BCUT2D eigenvalue weighted by atomic mass is 32.2. The van der Waals surface area contributed by atoms with E-state index in [4.69, 9.17) is 10.5 Å². The second kappa shape index (κ2) is 5.44. The summed E-state index contributed by atoms with van der Waals surface area (Å²) in [4.78, 5) is -0.478. The molecule has 1 fully saturated rings. The Morgan fingerprint density at radius 3 is 2.84 bits per heavy atom. The minimum absolute atomic E-state index is 0.0144. The molecule has 0 spiro atoms. The van der Waals surface area contributed by atoms with Crippen molar-refractivity contribution in [2.24, 2.45) is 0 Å². The molecule has 0 aliphatic carbocycles. The maximum absolute atomic E-state index is 13.7. The number of halogens is 1. The molecule has 2 rings (SSSR count). The lowest BCUT2D eigenvalue weighted by atomic mass is 10.1. The van der Waals surface area contributed by atoms with Crippen LogP contribution in [-0.4, -0.2) is 27.2 Å². The number of ether oxygens (including phenoxy) is 1. The first kappa shape index (κ1) is 14.2. The fourth-order valence-electron chi connectivity index (χ4n) is 2.19. The maximum Gasteiger partial charge on any atom is 0.245 e. The van der Waals surface area contributed by atoms with E-state index in [0.717, 1.165) is 6.07 Å². The predicted molar refractivity (Wildman–Crippen MR) is 69.6 cm³/mol. The van der Waals surface area contributed by atoms with Gasteiger partial charge in [0, 0.05) is 12.6 Å². The largest absolute Gasteiger partial charge is 0.398 e. The number of nitrogens with one attached hydrogen (secondary N) is 1. The summed E-state index contributed by atoms with van der Waals surface area (Å²) >= 11 is 0. The van der Waals surface area contributed by atoms with Crippen LogP contribution < -0.4 is 10.5 Å². The number of rotatable bonds is 3. The van der Waals surface area contributed by atoms with Gasteiger partial charge in [-0.1, -0.05) is 6.07 Å². The number of benzene rings is 1. The smallest absolute Gasteiger partial charge is 0.245 e. The average Bonchev–Trinajstić information content (AvgIpc) is 2.27. The first-order chi connectivity index (χ1) is 8.90. The van der Waals surface area contributed by atoms with E-state index < -0.39 is 20.7 Å². The Kier molecular flexibility index (Phi) is 4.07. The third kappa shape index (κ3) is 3.23. The van der Waals surface area contributed by atoms with Crippen molar-refractivity contribution in [2.45, 2.75) is 36.8 Å². The normalized spacial score (nSPS) is 24.3. The van der Waals surface area contributed by atoms with E-state index in [0.29, 0.717) is 19.4 Å². The number of nitrogen functional groups attached to an aromatic ring is 1. The van der Waals surface area contributed by atoms with Crippen LogP contribution in [0.15, 0.2) is 23.1 Å². The summed E-state index contributed by atoms with van der Waals surface area (Å²) < 4.78 is 45.8. The lowest BCUT2D eigenvalue weighted by Crippen LogP contribution is -2.41. The molecule has 1 aliphatic rings. The fourth-order valence-corrected chi connectivity index (χ4v) is 3.67. The molecule has 1 aliphatic heterocycles. The predicted octanol–water partition coefficient (Wildman–Crippen LogP) is 1.25. The van der Waals surface area contributed by atoms with Crippen LogP contribution >= 0.6 is 0 Å². The van der Waals surface area contributed by atoms with Crippen molar-refractivity contribution in [3.63, 3.8) is 0 Å². The summed E-state index contributed by atoms with van der Waals surface area (Å²) in [6.07, 6.45) is 1.12. The summed E-state index contributed by atoms with van der Waals surface area (Å²) in [6.45, 7) is 2.36. The van der Waals surface area contributed by atoms with Gasteiger partial charge in [-0.2, -0.15) is 0 Å². The van der Waals surface area contributed by atoms with Gasteiger partial charge in [-0.25, -0.2) is 17.5 Å². The second-order valence-corrected chi connectivity index (χ2v) is 6.33. The Hall–Kier alpha value is -1.18. The minimum Gasteiger partial charge on any atom is -0.398 e. The molecule has 1 saturated heterocycles. The Bertz CT molecular complexity index is 542. The highest BCUT2D eigenvalue weighted by molar-refractivity contribution is 7.89. The number of sulfonamides is 1. The molecule has 1 aromatic rings. The minimum atomic E-state index is -3.95. The van der Waals surface area contributed by atoms with E-state index in [1.165, 1.54) is 12.1 Å². The SMILES string of the molecule is CC1CC(NS(=O)(=O)c2c(N)cccc2F)CCO1. The molecule has 1 aromatic carbocycles. The van der Waals surface area contributed by atoms with Gasteiger partial charge in [-0.05, 0) is 31.9 Å². The van der Waals surface area contributed by atoms with Gasteiger partial charge in [-0.15, -0.1) is 0 Å². The van der Waals surface area contributed by atoms with E-state index in [1.54, 1.807) is 0 Å². The zero-order chi connectivity index (χ0) is 14.0. The topological polar surface area (TPSA) is 81.4 Å². The monoisotopic (exact) mass is 288 g/mol. The molecule has 0 aromatic heterocycles. The zero-order valence-corrected chi connectivity index (χ0v) is 11.4. The third-order valence-corrected chi connectivity index (χ3v) is 4.68. The van der Waals surface area contributed by atoms with Crippen LogP contribution in [0.3, 0.4) is 0 Å². The highest BCUT2D eigenvalue weighted by Gasteiger charge is 2.28. The van der Waals surface area contributed by atoms with Gasteiger partial charge in [-0.3, -0.25) is 0 Å². The molecular weight excluding hydrogens is 271 g/mol. The van der Waals surface area contributed by atoms with Crippen LogP contribution in [0.4, 0.5) is 10.1 Å². The molecule has 2 unspecified atom stereocenters. The molecule has 0 saturated carbocycles. The van der Waals surface area contributed by atoms with Gasteiger partial charge in [0.1, 0.15) is 10.7 Å². The Morgan fingerprint density at radius 2 is 2.21 bits per heavy atom. The number of hydrogen-bond acceptors (Lipinski definition) is 4. The van der Waals surface area contributed by atoms with Gasteiger partial charge < -0.3 is 10.5 Å². The van der Waals surface area contributed by atoms with E-state index in [9.17, 15) is 12.8 Å². The fraction of sp³-hybridized carbons (Fsp3) is 0.500. The van der Waals surface area contributed by atoms with Crippen LogP contribution in [0.5, 0.6) is 0 Å². The van der Waals surface area contributed by atoms with Gasteiger partial charge in [0.25, 0.3) is 0 Å². The van der Waals surface area contributed by atoms with Crippen LogP contribution in [-0.2, 0) is 14.8 Å². The highest BCUT2D eigenvalue weighted by Crippen LogP contribution is 2.23. The third-order valence-electron chi connectivity index (χ3n) is 3.07. The van der Waals surface area contributed by atoms with E-state index in [1.807, 2.05) is 6.92 Å². The molecule has 19 heavy (non-hydrogen) atoms. The summed E-state index contributed by atoms with van der Waals surface area (Å²) in [5, 5.41) is 0. The van der Waals surface area contributed by atoms with E-state index in [2.05, 4.69) is 4.72 Å². The van der Waals surface area contributed by atoms with Crippen molar-refractivity contribution < 1.29 is 17.5 Å². The van der Waals surface area contributed by atoms with Crippen molar-refractivity contribution in [1.29, 1.82) is 0 Å². The van der Waals surface area contributed by atoms with Crippen molar-refractivity contribution in [1.82, 2.24) is 4.72 Å². The van der Waals surface area contributed by atoms with E-state index in [-0.39, 0.29) is 17.8 Å². The van der Waals surface area contributed by atoms with Gasteiger partial charge in [0.05, 0.1) is 11.8 Å². The van der Waals surface area contributed by atoms with Crippen LogP contribution in [0.1, 0.15) is 19.8 Å². The number of nitrogens with two attached hydrogens (primary N) is 1. The van der Waals surface area contributed by atoms with Crippen molar-refractivity contribution in [2.75, 3.05) is 12.3 Å². The molecule has 0 bridgehead atoms. The van der Waals surface area contributed by atoms with Crippen LogP contribution in [0.2, 0.25) is 0 Å². The summed E-state index contributed by atoms with van der Waals surface area (Å²) in [6, 6.07) is 3.56. The van der Waals surface area contributed by atoms with Crippen molar-refractivity contribution in [3.05, 3.63) is 24.0 Å². The van der Waals surface area contributed by atoms with E-state index >= 15 is 0 Å². The Labute approximate surface area is 112 Å². The zero-order valence-electron chi connectivity index (χ0n) is 10.6. The molecule has 1 heterocycles.